The summed E-state index contributed by atoms with van der Waals surface area (Å²) in [5.74, 6) is -3.95. The second-order valence-electron chi connectivity index (χ2n) is 4.04. The van der Waals surface area contributed by atoms with Gasteiger partial charge in [0, 0.05) is 0 Å². The molecule has 0 radical (unpaired) electrons. The summed E-state index contributed by atoms with van der Waals surface area (Å²) in [5.41, 5.74) is -2.49. The molecule has 11 nitrogen and oxygen atoms in total. The van der Waals surface area contributed by atoms with Gasteiger partial charge in [0.2, 0.25) is 0 Å². The van der Waals surface area contributed by atoms with Crippen LogP contribution in [0.25, 0.3) is 0 Å². The van der Waals surface area contributed by atoms with E-state index in [4.69, 9.17) is 15.3 Å². The monoisotopic (exact) mass is 279 g/mol. The van der Waals surface area contributed by atoms with Crippen molar-refractivity contribution in [2.45, 2.75) is 30.6 Å². The highest BCUT2D eigenvalue weighted by Crippen LogP contribution is 2.33. The second-order valence-corrected chi connectivity index (χ2v) is 4.04. The molecular weight excluding hydrogens is 270 g/mol. The van der Waals surface area contributed by atoms with Crippen LogP contribution in [-0.2, 0) is 28.6 Å². The quantitative estimate of drug-likeness (QED) is 0.246. The Morgan fingerprint density at radius 2 is 1.47 bits per heavy atom. The summed E-state index contributed by atoms with van der Waals surface area (Å²) >= 11 is 0. The fraction of sp³-hybridized carbons (Fsp3) is 0.625. The van der Waals surface area contributed by atoms with E-state index < -0.39 is 48.5 Å². The first-order valence-corrected chi connectivity index (χ1v) is 4.90. The van der Waals surface area contributed by atoms with Gasteiger partial charge in [-0.3, -0.25) is 9.59 Å². The van der Waals surface area contributed by atoms with E-state index in [-0.39, 0.29) is 0 Å². The van der Waals surface area contributed by atoms with Gasteiger partial charge in [0.1, 0.15) is 0 Å². The van der Waals surface area contributed by atoms with Crippen LogP contribution in [0.1, 0.15) is 12.8 Å². The zero-order chi connectivity index (χ0) is 14.5. The van der Waals surface area contributed by atoms with E-state index in [1.807, 2.05) is 0 Å². The first-order valence-electron chi connectivity index (χ1n) is 4.90. The summed E-state index contributed by atoms with van der Waals surface area (Å²) < 4.78 is 13.1. The number of rotatable bonds is 2. The molecule has 2 heterocycles. The van der Waals surface area contributed by atoms with Crippen LogP contribution in [0.15, 0.2) is 0 Å². The zero-order valence-electron chi connectivity index (χ0n) is 9.15. The first-order chi connectivity index (χ1) is 8.54. The average molecular weight is 279 g/mol. The Labute approximate surface area is 104 Å². The van der Waals surface area contributed by atoms with E-state index in [1.54, 1.807) is 0 Å². The van der Waals surface area contributed by atoms with Crippen molar-refractivity contribution in [3.05, 3.63) is 0 Å². The molecule has 19 heavy (non-hydrogen) atoms. The Morgan fingerprint density at radius 1 is 1.00 bits per heavy atom. The minimum absolute atomic E-state index is 0.903. The number of hydrogen-bond donors (Lipinski definition) is 5. The largest absolute Gasteiger partial charge is 0.505 e. The van der Waals surface area contributed by atoms with Crippen molar-refractivity contribution < 1.29 is 49.0 Å². The molecule has 11 heteroatoms. The van der Waals surface area contributed by atoms with E-state index in [0.29, 0.717) is 0 Å². The summed E-state index contributed by atoms with van der Waals surface area (Å²) in [6.07, 6.45) is -8.57. The number of esters is 3. The molecule has 0 amide bonds. The Balaban J connectivity index is 2.44. The maximum absolute atomic E-state index is 11.6. The lowest BCUT2D eigenvalue weighted by Gasteiger charge is -2.31. The van der Waals surface area contributed by atoms with Crippen LogP contribution >= 0.6 is 0 Å². The summed E-state index contributed by atoms with van der Waals surface area (Å²) in [7, 11) is 0. The molecule has 0 aliphatic carbocycles. The van der Waals surface area contributed by atoms with Gasteiger partial charge in [-0.25, -0.2) is 4.79 Å². The van der Waals surface area contributed by atoms with Crippen LogP contribution in [0.3, 0.4) is 0 Å². The average Bonchev–Trinajstić information content (AvgIpc) is 2.22. The van der Waals surface area contributed by atoms with E-state index in [0.717, 1.165) is 0 Å². The number of carbonyl (C=O) groups is 3. The lowest BCUT2D eigenvalue weighted by Crippen LogP contribution is -2.63. The van der Waals surface area contributed by atoms with E-state index in [1.165, 1.54) is 5.32 Å². The third-order valence-corrected chi connectivity index (χ3v) is 2.30. The molecule has 0 aromatic heterocycles. The van der Waals surface area contributed by atoms with Crippen molar-refractivity contribution >= 4 is 17.9 Å². The molecule has 2 saturated heterocycles. The molecule has 0 aromatic carbocycles. The minimum atomic E-state index is -3.69. The Bertz CT molecular complexity index is 431. The van der Waals surface area contributed by atoms with Gasteiger partial charge < -0.3 is 34.6 Å². The lowest BCUT2D eigenvalue weighted by atomic mass is 9.96. The molecule has 106 valence electrons. The van der Waals surface area contributed by atoms with Crippen molar-refractivity contribution in [3.63, 3.8) is 0 Å². The van der Waals surface area contributed by atoms with Gasteiger partial charge in [-0.15, -0.1) is 5.32 Å². The van der Waals surface area contributed by atoms with E-state index in [2.05, 4.69) is 14.2 Å². The van der Waals surface area contributed by atoms with Gasteiger partial charge in [-0.05, 0) is 0 Å². The summed E-state index contributed by atoms with van der Waals surface area (Å²) in [6.45, 7) is 0. The summed E-state index contributed by atoms with van der Waals surface area (Å²) in [5, 5.41) is 37.3. The molecular formula is C8H9NO10. The van der Waals surface area contributed by atoms with Crippen molar-refractivity contribution in [3.8, 4) is 0 Å². The fourth-order valence-electron chi connectivity index (χ4n) is 1.62. The van der Waals surface area contributed by atoms with Crippen LogP contribution in [0.5, 0.6) is 0 Å². The number of carbonyl (C=O) groups excluding carboxylic acids is 3. The Morgan fingerprint density at radius 3 is 1.89 bits per heavy atom. The molecule has 2 bridgehead atoms. The highest BCUT2D eigenvalue weighted by atomic mass is 16.9. The SMILES string of the molecule is O=C1CC2(O)CC(=O)OC(NC(O)(O)O)(O1)OC2=O. The molecule has 0 saturated carbocycles. The molecule has 0 atom stereocenters. The van der Waals surface area contributed by atoms with Crippen molar-refractivity contribution in [1.82, 2.24) is 5.32 Å². The third kappa shape index (κ3) is 2.64. The smallest absolute Gasteiger partial charge is 0.377 e. The van der Waals surface area contributed by atoms with E-state index in [9.17, 15) is 19.5 Å². The molecule has 2 aliphatic heterocycles. The fourth-order valence-corrected chi connectivity index (χ4v) is 1.62. The van der Waals surface area contributed by atoms with Crippen molar-refractivity contribution in [2.24, 2.45) is 0 Å². The molecule has 5 N–H and O–H groups in total. The normalized spacial score (nSPS) is 35.1. The van der Waals surface area contributed by atoms with Crippen molar-refractivity contribution in [2.75, 3.05) is 0 Å². The Kier molecular flexibility index (Phi) is 2.76. The number of nitrogens with one attached hydrogen (secondary N) is 1. The lowest BCUT2D eigenvalue weighted by molar-refractivity contribution is -0.423. The zero-order valence-corrected chi connectivity index (χ0v) is 9.15. The van der Waals surface area contributed by atoms with Crippen molar-refractivity contribution in [1.29, 1.82) is 0 Å². The molecule has 0 unspecified atom stereocenters. The van der Waals surface area contributed by atoms with E-state index >= 15 is 0 Å². The topological polar surface area (TPSA) is 172 Å². The summed E-state index contributed by atoms with van der Waals surface area (Å²) in [4.78, 5) is 34.3. The van der Waals surface area contributed by atoms with Crippen LogP contribution in [0.2, 0.25) is 0 Å². The van der Waals surface area contributed by atoms with Crippen LogP contribution in [-0.4, -0.2) is 56.1 Å². The maximum atomic E-state index is 11.6. The maximum Gasteiger partial charge on any atom is 0.505 e. The highest BCUT2D eigenvalue weighted by Gasteiger charge is 2.61. The third-order valence-electron chi connectivity index (χ3n) is 2.30. The number of fused-ring (bicyclic) bond motifs is 3. The van der Waals surface area contributed by atoms with Crippen LogP contribution < -0.4 is 5.32 Å². The predicted octanol–water partition coefficient (Wildman–Crippen LogP) is -4.06. The number of aliphatic hydroxyl groups is 4. The van der Waals surface area contributed by atoms with Gasteiger partial charge in [-0.1, -0.05) is 0 Å². The van der Waals surface area contributed by atoms with Gasteiger partial charge >= 0.3 is 30.1 Å². The molecule has 2 aliphatic rings. The van der Waals surface area contributed by atoms with Gasteiger partial charge in [-0.2, -0.15) is 0 Å². The second kappa shape index (κ2) is 3.85. The van der Waals surface area contributed by atoms with Gasteiger partial charge in [0.15, 0.2) is 5.60 Å². The summed E-state index contributed by atoms with van der Waals surface area (Å²) in [6, 6.07) is 0. The molecule has 0 aromatic rings. The Hall–Kier alpha value is -1.79. The van der Waals surface area contributed by atoms with Gasteiger partial charge in [0.05, 0.1) is 12.8 Å². The van der Waals surface area contributed by atoms with Crippen LogP contribution in [0.4, 0.5) is 0 Å². The first kappa shape index (κ1) is 13.6. The minimum Gasteiger partial charge on any atom is -0.377 e. The predicted molar refractivity (Wildman–Crippen MR) is 47.7 cm³/mol. The number of hydrogen-bond acceptors (Lipinski definition) is 11. The highest BCUT2D eigenvalue weighted by molar-refractivity contribution is 5.92. The van der Waals surface area contributed by atoms with Gasteiger partial charge in [0.25, 0.3) is 0 Å². The molecule has 2 fully saturated rings. The molecule has 2 rings (SSSR count). The van der Waals surface area contributed by atoms with Crippen LogP contribution in [0, 0.1) is 0 Å². The number of ether oxygens (including phenoxy) is 3. The molecule has 0 spiro atoms. The standard InChI is InChI=1S/C8H9NO10/c10-3-1-6(13)2-4(11)18-8(17-3,19-5(6)12)9-7(14,15)16/h9,13-16H,1-2H2.